The Balaban J connectivity index is 1.75. The van der Waals surface area contributed by atoms with Crippen LogP contribution in [0.2, 0.25) is 0 Å². The van der Waals surface area contributed by atoms with Crippen molar-refractivity contribution in [3.63, 3.8) is 0 Å². The van der Waals surface area contributed by atoms with Crippen molar-refractivity contribution in [2.75, 3.05) is 0 Å². The third kappa shape index (κ3) is 2.35. The summed E-state index contributed by atoms with van der Waals surface area (Å²) in [4.78, 5) is 4.47. The Morgan fingerprint density at radius 2 is 1.55 bits per heavy atom. The molecule has 1 nitrogen and oxygen atoms in total. The van der Waals surface area contributed by atoms with Crippen LogP contribution in [0.4, 0.5) is 0 Å². The molecule has 22 heavy (non-hydrogen) atoms. The van der Waals surface area contributed by atoms with Crippen LogP contribution < -0.4 is 0 Å². The Labute approximate surface area is 131 Å². The number of allylic oxidation sites excluding steroid dienone is 1. The maximum Gasteiger partial charge on any atom is 0.0447 e. The van der Waals surface area contributed by atoms with Gasteiger partial charge in [0, 0.05) is 18.3 Å². The lowest BCUT2D eigenvalue weighted by Gasteiger charge is -2.12. The number of pyridine rings is 1. The molecule has 0 N–H and O–H groups in total. The summed E-state index contributed by atoms with van der Waals surface area (Å²) in [6.45, 7) is 0. The first-order chi connectivity index (χ1) is 10.9. The molecule has 1 heteroatoms. The van der Waals surface area contributed by atoms with Gasteiger partial charge in [-0.15, -0.1) is 0 Å². The van der Waals surface area contributed by atoms with Crippen molar-refractivity contribution in [3.8, 4) is 0 Å². The molecule has 0 amide bonds. The van der Waals surface area contributed by atoms with Gasteiger partial charge in [0.05, 0.1) is 0 Å². The number of aromatic nitrogens is 1. The topological polar surface area (TPSA) is 12.9 Å². The van der Waals surface area contributed by atoms with Gasteiger partial charge in [0.1, 0.15) is 0 Å². The Kier molecular flexibility index (Phi) is 3.32. The van der Waals surface area contributed by atoms with Crippen LogP contribution in [-0.4, -0.2) is 4.98 Å². The SMILES string of the molecule is C1=C(c2ccccc2Cc2ccccn2)c2ccccc2C1. The van der Waals surface area contributed by atoms with Gasteiger partial charge in [-0.05, 0) is 46.4 Å². The second kappa shape index (κ2) is 5.61. The van der Waals surface area contributed by atoms with Crippen molar-refractivity contribution in [1.82, 2.24) is 4.98 Å². The van der Waals surface area contributed by atoms with Crippen LogP contribution in [0.15, 0.2) is 79.0 Å². The molecule has 0 fully saturated rings. The molecule has 1 aliphatic rings. The lowest BCUT2D eigenvalue weighted by Crippen LogP contribution is -1.97. The second-order valence-electron chi connectivity index (χ2n) is 5.63. The predicted octanol–water partition coefficient (Wildman–Crippen LogP) is 4.66. The van der Waals surface area contributed by atoms with Crippen molar-refractivity contribution >= 4 is 5.57 Å². The molecule has 1 aliphatic carbocycles. The van der Waals surface area contributed by atoms with Crippen molar-refractivity contribution in [2.45, 2.75) is 12.8 Å². The minimum atomic E-state index is 0.872. The van der Waals surface area contributed by atoms with Crippen LogP contribution in [-0.2, 0) is 12.8 Å². The molecule has 0 radical (unpaired) electrons. The lowest BCUT2D eigenvalue weighted by molar-refractivity contribution is 1.07. The summed E-state index contributed by atoms with van der Waals surface area (Å²) in [5.41, 5.74) is 7.94. The number of benzene rings is 2. The van der Waals surface area contributed by atoms with Crippen molar-refractivity contribution in [1.29, 1.82) is 0 Å². The zero-order valence-corrected chi connectivity index (χ0v) is 12.4. The van der Waals surface area contributed by atoms with Gasteiger partial charge in [0.2, 0.25) is 0 Å². The third-order valence-electron chi connectivity index (χ3n) is 4.24. The first-order valence-electron chi connectivity index (χ1n) is 7.68. The molecule has 1 heterocycles. The number of hydrogen-bond acceptors (Lipinski definition) is 1. The quantitative estimate of drug-likeness (QED) is 0.681. The molecule has 2 aromatic carbocycles. The maximum atomic E-state index is 4.47. The molecule has 0 aliphatic heterocycles. The molecule has 0 saturated heterocycles. The number of fused-ring (bicyclic) bond motifs is 1. The van der Waals surface area contributed by atoms with Gasteiger partial charge < -0.3 is 0 Å². The van der Waals surface area contributed by atoms with Gasteiger partial charge in [-0.2, -0.15) is 0 Å². The second-order valence-corrected chi connectivity index (χ2v) is 5.63. The number of nitrogens with zero attached hydrogens (tertiary/aromatic N) is 1. The molecule has 0 atom stereocenters. The summed E-state index contributed by atoms with van der Waals surface area (Å²) in [7, 11) is 0. The highest BCUT2D eigenvalue weighted by Gasteiger charge is 2.17. The summed E-state index contributed by atoms with van der Waals surface area (Å²) in [6, 6.07) is 23.5. The first kappa shape index (κ1) is 13.0. The summed E-state index contributed by atoms with van der Waals surface area (Å²) in [5, 5.41) is 0. The minimum Gasteiger partial charge on any atom is -0.261 e. The molecule has 0 unspecified atom stereocenters. The van der Waals surface area contributed by atoms with Crippen LogP contribution in [0.3, 0.4) is 0 Å². The monoisotopic (exact) mass is 283 g/mol. The minimum absolute atomic E-state index is 0.872. The van der Waals surface area contributed by atoms with Crippen molar-refractivity contribution in [3.05, 3.63) is 107 Å². The van der Waals surface area contributed by atoms with Gasteiger partial charge in [-0.1, -0.05) is 60.7 Å². The Morgan fingerprint density at radius 3 is 2.41 bits per heavy atom. The van der Waals surface area contributed by atoms with Gasteiger partial charge in [-0.25, -0.2) is 0 Å². The summed E-state index contributed by atoms with van der Waals surface area (Å²) < 4.78 is 0. The van der Waals surface area contributed by atoms with Crippen LogP contribution in [0, 0.1) is 0 Å². The van der Waals surface area contributed by atoms with E-state index in [4.69, 9.17) is 0 Å². The zero-order valence-electron chi connectivity index (χ0n) is 12.4. The van der Waals surface area contributed by atoms with Gasteiger partial charge >= 0.3 is 0 Å². The van der Waals surface area contributed by atoms with E-state index in [1.54, 1.807) is 0 Å². The fraction of sp³-hybridized carbons (Fsp3) is 0.0952. The average molecular weight is 283 g/mol. The van der Waals surface area contributed by atoms with Gasteiger partial charge in [0.25, 0.3) is 0 Å². The summed E-state index contributed by atoms with van der Waals surface area (Å²) >= 11 is 0. The average Bonchev–Trinajstić information content (AvgIpc) is 3.00. The van der Waals surface area contributed by atoms with Crippen LogP contribution >= 0.6 is 0 Å². The fourth-order valence-electron chi connectivity index (χ4n) is 3.17. The van der Waals surface area contributed by atoms with E-state index in [0.29, 0.717) is 0 Å². The molecule has 3 aromatic rings. The highest BCUT2D eigenvalue weighted by Crippen LogP contribution is 2.34. The number of hydrogen-bond donors (Lipinski definition) is 0. The van der Waals surface area contributed by atoms with E-state index in [2.05, 4.69) is 71.7 Å². The Hall–Kier alpha value is -2.67. The van der Waals surface area contributed by atoms with E-state index >= 15 is 0 Å². The highest BCUT2D eigenvalue weighted by molar-refractivity contribution is 5.86. The van der Waals surface area contributed by atoms with Crippen LogP contribution in [0.5, 0.6) is 0 Å². The molecule has 0 saturated carbocycles. The van der Waals surface area contributed by atoms with Crippen molar-refractivity contribution < 1.29 is 0 Å². The maximum absolute atomic E-state index is 4.47. The third-order valence-corrected chi connectivity index (χ3v) is 4.24. The lowest BCUT2D eigenvalue weighted by atomic mass is 9.93. The van der Waals surface area contributed by atoms with Crippen molar-refractivity contribution in [2.24, 2.45) is 0 Å². The summed E-state index contributed by atoms with van der Waals surface area (Å²) in [5.74, 6) is 0. The van der Waals surface area contributed by atoms with E-state index in [1.807, 2.05) is 12.3 Å². The zero-order chi connectivity index (χ0) is 14.8. The molecule has 0 bridgehead atoms. The Morgan fingerprint density at radius 1 is 0.773 bits per heavy atom. The van der Waals surface area contributed by atoms with Gasteiger partial charge in [-0.3, -0.25) is 4.98 Å². The number of rotatable bonds is 3. The fourth-order valence-corrected chi connectivity index (χ4v) is 3.17. The predicted molar refractivity (Wildman–Crippen MR) is 90.7 cm³/mol. The van der Waals surface area contributed by atoms with Crippen LogP contribution in [0.1, 0.15) is 27.9 Å². The normalized spacial score (nSPS) is 12.8. The largest absolute Gasteiger partial charge is 0.261 e. The Bertz CT molecular complexity index is 831. The van der Waals surface area contributed by atoms with E-state index in [9.17, 15) is 0 Å². The van der Waals surface area contributed by atoms with Gasteiger partial charge in [0.15, 0.2) is 0 Å². The molecule has 4 rings (SSSR count). The van der Waals surface area contributed by atoms with E-state index in [0.717, 1.165) is 18.5 Å². The van der Waals surface area contributed by atoms with E-state index in [-0.39, 0.29) is 0 Å². The highest BCUT2D eigenvalue weighted by atomic mass is 14.7. The van der Waals surface area contributed by atoms with Crippen LogP contribution in [0.25, 0.3) is 5.57 Å². The summed E-state index contributed by atoms with van der Waals surface area (Å²) in [6.07, 6.45) is 6.12. The molecule has 1 aromatic heterocycles. The molecule has 0 spiro atoms. The molecular weight excluding hydrogens is 266 g/mol. The first-order valence-corrected chi connectivity index (χ1v) is 7.68. The molecule has 106 valence electrons. The standard InChI is InChI=1S/C21H17N/c1-3-10-19-16(7-1)12-13-21(19)20-11-4-2-8-17(20)15-18-9-5-6-14-22-18/h1-11,13-14H,12,15H2. The smallest absolute Gasteiger partial charge is 0.0447 e. The van der Waals surface area contributed by atoms with E-state index < -0.39 is 0 Å². The van der Waals surface area contributed by atoms with E-state index in [1.165, 1.54) is 27.8 Å². The molecular formula is C21H17N.